The largest absolute Gasteiger partial charge is 0.390 e. The summed E-state index contributed by atoms with van der Waals surface area (Å²) in [6, 6.07) is 0.595. The van der Waals surface area contributed by atoms with Gasteiger partial charge >= 0.3 is 0 Å². The molecule has 0 saturated carbocycles. The molecular weight excluding hydrogens is 230 g/mol. The van der Waals surface area contributed by atoms with Crippen LogP contribution in [0.1, 0.15) is 13.8 Å². The maximum atomic E-state index is 9.95. The molecule has 0 aromatic heterocycles. The fourth-order valence-electron chi connectivity index (χ4n) is 2.51. The highest BCUT2D eigenvalue weighted by molar-refractivity contribution is 4.80. The average molecular weight is 259 g/mol. The van der Waals surface area contributed by atoms with E-state index in [1.54, 1.807) is 7.11 Å². The van der Waals surface area contributed by atoms with Crippen LogP contribution in [0.4, 0.5) is 0 Å². The van der Waals surface area contributed by atoms with E-state index in [-0.39, 0.29) is 6.10 Å². The first-order valence-electron chi connectivity index (χ1n) is 7.01. The van der Waals surface area contributed by atoms with Crippen molar-refractivity contribution in [3.8, 4) is 0 Å². The first-order chi connectivity index (χ1) is 8.67. The van der Waals surface area contributed by atoms with E-state index in [0.717, 1.165) is 39.3 Å². The third-order valence-corrected chi connectivity index (χ3v) is 3.59. The van der Waals surface area contributed by atoms with Crippen LogP contribution in [-0.2, 0) is 4.74 Å². The van der Waals surface area contributed by atoms with Gasteiger partial charge in [-0.1, -0.05) is 6.92 Å². The Morgan fingerprint density at radius 2 is 2.22 bits per heavy atom. The highest BCUT2D eigenvalue weighted by Gasteiger charge is 2.23. The summed E-state index contributed by atoms with van der Waals surface area (Å²) in [5.74, 6) is 0. The van der Waals surface area contributed by atoms with Crippen LogP contribution < -0.4 is 5.32 Å². The lowest BCUT2D eigenvalue weighted by Crippen LogP contribution is -2.53. The summed E-state index contributed by atoms with van der Waals surface area (Å²) in [7, 11) is 1.69. The molecule has 1 rings (SSSR count). The van der Waals surface area contributed by atoms with Gasteiger partial charge in [-0.25, -0.2) is 0 Å². The highest BCUT2D eigenvalue weighted by Crippen LogP contribution is 2.09. The Bertz CT molecular complexity index is 216. The van der Waals surface area contributed by atoms with E-state index in [4.69, 9.17) is 4.74 Å². The molecule has 0 aromatic rings. The molecule has 0 aromatic carbocycles. The van der Waals surface area contributed by atoms with Crippen LogP contribution in [0.25, 0.3) is 0 Å². The lowest BCUT2D eigenvalue weighted by Gasteiger charge is -2.40. The van der Waals surface area contributed by atoms with Gasteiger partial charge in [0.15, 0.2) is 0 Å². The van der Waals surface area contributed by atoms with Crippen molar-refractivity contribution in [2.24, 2.45) is 0 Å². The van der Waals surface area contributed by atoms with Gasteiger partial charge in [-0.3, -0.25) is 9.80 Å². The van der Waals surface area contributed by atoms with E-state index >= 15 is 0 Å². The topological polar surface area (TPSA) is 48.0 Å². The highest BCUT2D eigenvalue weighted by atomic mass is 16.5. The van der Waals surface area contributed by atoms with Gasteiger partial charge in [0.2, 0.25) is 0 Å². The fraction of sp³-hybridized carbons (Fsp3) is 1.00. The second-order valence-corrected chi connectivity index (χ2v) is 5.09. The minimum Gasteiger partial charge on any atom is -0.390 e. The Balaban J connectivity index is 2.14. The lowest BCUT2D eigenvalue weighted by molar-refractivity contribution is 0.0477. The number of piperazine rings is 1. The molecule has 18 heavy (non-hydrogen) atoms. The van der Waals surface area contributed by atoms with E-state index in [0.29, 0.717) is 19.2 Å². The maximum Gasteiger partial charge on any atom is 0.0791 e. The predicted molar refractivity (Wildman–Crippen MR) is 73.9 cm³/mol. The number of hydrogen-bond acceptors (Lipinski definition) is 5. The third kappa shape index (κ3) is 5.63. The van der Waals surface area contributed by atoms with Gasteiger partial charge in [0, 0.05) is 52.4 Å². The molecular formula is C13H29N3O2. The molecule has 5 nitrogen and oxygen atoms in total. The molecule has 2 N–H and O–H groups in total. The van der Waals surface area contributed by atoms with Crippen LogP contribution in [0.3, 0.4) is 0 Å². The van der Waals surface area contributed by atoms with Gasteiger partial charge in [-0.05, 0) is 13.5 Å². The molecule has 108 valence electrons. The quantitative estimate of drug-likeness (QED) is 0.581. The molecule has 1 aliphatic heterocycles. The number of methoxy groups -OCH3 is 1. The van der Waals surface area contributed by atoms with Crippen molar-refractivity contribution < 1.29 is 9.84 Å². The van der Waals surface area contributed by atoms with Gasteiger partial charge in [-0.15, -0.1) is 0 Å². The molecule has 5 heteroatoms. The molecule has 0 aliphatic carbocycles. The Morgan fingerprint density at radius 1 is 1.44 bits per heavy atom. The molecule has 0 spiro atoms. The average Bonchev–Trinajstić information content (AvgIpc) is 2.35. The predicted octanol–water partition coefficient (Wildman–Crippen LogP) is -0.391. The minimum absolute atomic E-state index is 0.290. The number of ether oxygens (including phenoxy) is 1. The van der Waals surface area contributed by atoms with Crippen molar-refractivity contribution in [1.29, 1.82) is 0 Å². The van der Waals surface area contributed by atoms with E-state index < -0.39 is 0 Å². The molecule has 0 bridgehead atoms. The van der Waals surface area contributed by atoms with Crippen molar-refractivity contribution in [3.63, 3.8) is 0 Å². The number of β-amino-alcohol motifs (C(OH)–C–C–N with tert-alkyl or cyclic N) is 1. The SMILES string of the molecule is CCN1CCN(CC(O)CNCCOC)CC1C. The second-order valence-electron chi connectivity index (χ2n) is 5.09. The van der Waals surface area contributed by atoms with Crippen LogP contribution in [0.5, 0.6) is 0 Å². The van der Waals surface area contributed by atoms with Crippen LogP contribution in [-0.4, -0.2) is 86.6 Å². The standard InChI is InChI=1S/C13H29N3O2/c1-4-16-7-6-15(10-12(16)2)11-13(17)9-14-5-8-18-3/h12-14,17H,4-11H2,1-3H3. The minimum atomic E-state index is -0.290. The van der Waals surface area contributed by atoms with Gasteiger partial charge < -0.3 is 15.2 Å². The van der Waals surface area contributed by atoms with Crippen molar-refractivity contribution in [3.05, 3.63) is 0 Å². The summed E-state index contributed by atoms with van der Waals surface area (Å²) in [5.41, 5.74) is 0. The summed E-state index contributed by atoms with van der Waals surface area (Å²) >= 11 is 0. The van der Waals surface area contributed by atoms with Gasteiger partial charge in [0.1, 0.15) is 0 Å². The molecule has 1 aliphatic rings. The zero-order valence-electron chi connectivity index (χ0n) is 12.1. The summed E-state index contributed by atoms with van der Waals surface area (Å²) in [4.78, 5) is 4.85. The number of nitrogens with zero attached hydrogens (tertiary/aromatic N) is 2. The summed E-state index contributed by atoms with van der Waals surface area (Å²) in [5, 5.41) is 13.1. The Hall–Kier alpha value is -0.200. The zero-order valence-corrected chi connectivity index (χ0v) is 12.1. The fourth-order valence-corrected chi connectivity index (χ4v) is 2.51. The Morgan fingerprint density at radius 3 is 2.83 bits per heavy atom. The number of hydrogen-bond donors (Lipinski definition) is 2. The molecule has 1 fully saturated rings. The van der Waals surface area contributed by atoms with Crippen LogP contribution in [0.15, 0.2) is 0 Å². The molecule has 0 amide bonds. The Kier molecular flexibility index (Phi) is 7.77. The summed E-state index contributed by atoms with van der Waals surface area (Å²) < 4.78 is 4.95. The van der Waals surface area contributed by atoms with E-state index in [2.05, 4.69) is 29.0 Å². The van der Waals surface area contributed by atoms with Gasteiger partial charge in [-0.2, -0.15) is 0 Å². The maximum absolute atomic E-state index is 9.95. The van der Waals surface area contributed by atoms with E-state index in [1.807, 2.05) is 0 Å². The molecule has 1 heterocycles. The number of likely N-dealkylation sites (N-methyl/N-ethyl adjacent to an activating group) is 1. The first kappa shape index (κ1) is 15.9. The van der Waals surface area contributed by atoms with Crippen molar-refractivity contribution >= 4 is 0 Å². The van der Waals surface area contributed by atoms with Crippen LogP contribution >= 0.6 is 0 Å². The normalized spacial score (nSPS) is 24.3. The Labute approximate surface area is 111 Å². The number of aliphatic hydroxyl groups excluding tert-OH is 1. The van der Waals surface area contributed by atoms with Gasteiger partial charge in [0.25, 0.3) is 0 Å². The van der Waals surface area contributed by atoms with Crippen molar-refractivity contribution in [2.75, 3.05) is 59.5 Å². The van der Waals surface area contributed by atoms with E-state index in [1.165, 1.54) is 0 Å². The van der Waals surface area contributed by atoms with Crippen LogP contribution in [0, 0.1) is 0 Å². The van der Waals surface area contributed by atoms with E-state index in [9.17, 15) is 5.11 Å². The molecule has 1 saturated heterocycles. The molecule has 2 atom stereocenters. The van der Waals surface area contributed by atoms with Crippen LogP contribution in [0.2, 0.25) is 0 Å². The van der Waals surface area contributed by atoms with Gasteiger partial charge in [0.05, 0.1) is 12.7 Å². The second kappa shape index (κ2) is 8.82. The number of nitrogens with one attached hydrogen (secondary N) is 1. The zero-order chi connectivity index (χ0) is 13.4. The monoisotopic (exact) mass is 259 g/mol. The third-order valence-electron chi connectivity index (χ3n) is 3.59. The number of aliphatic hydroxyl groups is 1. The summed E-state index contributed by atoms with van der Waals surface area (Å²) in [6.07, 6.45) is -0.290. The smallest absolute Gasteiger partial charge is 0.0791 e. The lowest BCUT2D eigenvalue weighted by atomic mass is 10.1. The molecule has 0 radical (unpaired) electrons. The summed E-state index contributed by atoms with van der Waals surface area (Å²) in [6.45, 7) is 11.7. The first-order valence-corrected chi connectivity index (χ1v) is 7.01. The van der Waals surface area contributed by atoms with Crippen molar-refractivity contribution in [2.45, 2.75) is 26.0 Å². The van der Waals surface area contributed by atoms with Crippen molar-refractivity contribution in [1.82, 2.24) is 15.1 Å². The number of rotatable bonds is 8. The molecule has 2 unspecified atom stereocenters.